The summed E-state index contributed by atoms with van der Waals surface area (Å²) in [6.07, 6.45) is -0.490. The van der Waals surface area contributed by atoms with Gasteiger partial charge in [0.2, 0.25) is 0 Å². The number of amides is 1. The van der Waals surface area contributed by atoms with Gasteiger partial charge in [-0.05, 0) is 32.9 Å². The van der Waals surface area contributed by atoms with Gasteiger partial charge in [0.15, 0.2) is 15.8 Å². The number of hydrogen-bond acceptors (Lipinski definition) is 5. The summed E-state index contributed by atoms with van der Waals surface area (Å²) in [5, 5.41) is 8.54. The number of carbonyl (C=O) groups is 1. The summed E-state index contributed by atoms with van der Waals surface area (Å²) < 4.78 is 29.5. The Morgan fingerprint density at radius 2 is 1.59 bits per heavy atom. The Morgan fingerprint density at radius 3 is 2.15 bits per heavy atom. The molecule has 3 N–H and O–H groups in total. The van der Waals surface area contributed by atoms with Crippen LogP contribution in [-0.4, -0.2) is 58.5 Å². The van der Waals surface area contributed by atoms with Crippen molar-refractivity contribution in [2.75, 3.05) is 32.4 Å². The quantitative estimate of drug-likeness (QED) is 0.223. The van der Waals surface area contributed by atoms with Gasteiger partial charge < -0.3 is 20.7 Å². The van der Waals surface area contributed by atoms with E-state index in [0.29, 0.717) is 23.9 Å². The summed E-state index contributed by atoms with van der Waals surface area (Å²) in [6.45, 7) is 6.36. The molecule has 0 saturated heterocycles. The largest absolute Gasteiger partial charge is 0.444 e. The minimum atomic E-state index is -3.34. The molecule has 0 bridgehead atoms. The fourth-order valence-electron chi connectivity index (χ4n) is 1.93. The van der Waals surface area contributed by atoms with Crippen LogP contribution in [0.3, 0.4) is 0 Å². The number of benzene rings is 1. The van der Waals surface area contributed by atoms with Gasteiger partial charge in [-0.2, -0.15) is 0 Å². The summed E-state index contributed by atoms with van der Waals surface area (Å²) >= 11 is 0. The van der Waals surface area contributed by atoms with Gasteiger partial charge in [-0.3, -0.25) is 4.99 Å². The van der Waals surface area contributed by atoms with Crippen LogP contribution in [0.5, 0.6) is 0 Å². The van der Waals surface area contributed by atoms with Crippen LogP contribution in [0.25, 0.3) is 0 Å². The standard InChI is InChI=1S/C17H28N4O4S.HI/c1-17(2,3)25-16(22)21-11-10-19-15(18-4)20-12-13-26(23,24)14-8-6-5-7-9-14;/h5-9H,10-13H2,1-4H3,(H,21,22)(H2,18,19,20);1H. The summed E-state index contributed by atoms with van der Waals surface area (Å²) in [4.78, 5) is 15.8. The Labute approximate surface area is 178 Å². The van der Waals surface area contributed by atoms with Crippen molar-refractivity contribution in [2.24, 2.45) is 4.99 Å². The zero-order valence-corrected chi connectivity index (χ0v) is 19.3. The first-order chi connectivity index (χ1) is 12.1. The molecule has 0 atom stereocenters. The minimum absolute atomic E-state index is 0. The average Bonchev–Trinajstić information content (AvgIpc) is 2.56. The maximum atomic E-state index is 12.2. The van der Waals surface area contributed by atoms with Crippen LogP contribution in [0.4, 0.5) is 4.79 Å². The van der Waals surface area contributed by atoms with Crippen molar-refractivity contribution in [1.82, 2.24) is 16.0 Å². The van der Waals surface area contributed by atoms with E-state index in [1.54, 1.807) is 58.2 Å². The van der Waals surface area contributed by atoms with Crippen LogP contribution >= 0.6 is 24.0 Å². The van der Waals surface area contributed by atoms with Crippen LogP contribution in [0.15, 0.2) is 40.2 Å². The highest BCUT2D eigenvalue weighted by Gasteiger charge is 2.15. The van der Waals surface area contributed by atoms with E-state index >= 15 is 0 Å². The molecular formula is C17H29IN4O4S. The van der Waals surface area contributed by atoms with Crippen molar-refractivity contribution >= 4 is 45.9 Å². The third-order valence-corrected chi connectivity index (χ3v) is 4.81. The summed E-state index contributed by atoms with van der Waals surface area (Å²) in [5.41, 5.74) is -0.542. The van der Waals surface area contributed by atoms with Crippen molar-refractivity contribution in [3.05, 3.63) is 30.3 Å². The highest BCUT2D eigenvalue weighted by molar-refractivity contribution is 14.0. The maximum absolute atomic E-state index is 12.2. The van der Waals surface area contributed by atoms with Gasteiger partial charge >= 0.3 is 6.09 Å². The average molecular weight is 512 g/mol. The number of hydrogen-bond donors (Lipinski definition) is 3. The molecule has 0 radical (unpaired) electrons. The second kappa shape index (κ2) is 12.0. The molecule has 1 aromatic rings. The Bertz CT molecular complexity index is 703. The molecule has 0 unspecified atom stereocenters. The Balaban J connectivity index is 0.00000676. The Kier molecular flexibility index (Phi) is 11.3. The number of nitrogens with zero attached hydrogens (tertiary/aromatic N) is 1. The van der Waals surface area contributed by atoms with E-state index in [9.17, 15) is 13.2 Å². The summed E-state index contributed by atoms with van der Waals surface area (Å²) in [7, 11) is -1.75. The van der Waals surface area contributed by atoms with Crippen LogP contribution < -0.4 is 16.0 Å². The van der Waals surface area contributed by atoms with Gasteiger partial charge in [0.1, 0.15) is 5.60 Å². The van der Waals surface area contributed by atoms with Crippen LogP contribution in [0.1, 0.15) is 20.8 Å². The third kappa shape index (κ3) is 11.0. The first-order valence-corrected chi connectivity index (χ1v) is 9.98. The minimum Gasteiger partial charge on any atom is -0.444 e. The predicted octanol–water partition coefficient (Wildman–Crippen LogP) is 1.77. The molecule has 27 heavy (non-hydrogen) atoms. The van der Waals surface area contributed by atoms with Gasteiger partial charge in [0, 0.05) is 26.7 Å². The molecule has 0 aromatic heterocycles. The second-order valence-electron chi connectivity index (χ2n) is 6.49. The van der Waals surface area contributed by atoms with Crippen molar-refractivity contribution < 1.29 is 17.9 Å². The van der Waals surface area contributed by atoms with E-state index in [0.717, 1.165) is 0 Å². The summed E-state index contributed by atoms with van der Waals surface area (Å²) in [6, 6.07) is 8.31. The first kappa shape index (κ1) is 25.4. The number of nitrogens with one attached hydrogen (secondary N) is 3. The molecule has 8 nitrogen and oxygen atoms in total. The molecule has 0 aliphatic rings. The highest BCUT2D eigenvalue weighted by atomic mass is 127. The fourth-order valence-corrected chi connectivity index (χ4v) is 3.11. The number of guanidine groups is 1. The van der Waals surface area contributed by atoms with E-state index in [2.05, 4.69) is 20.9 Å². The van der Waals surface area contributed by atoms with Crippen molar-refractivity contribution in [2.45, 2.75) is 31.3 Å². The zero-order valence-electron chi connectivity index (χ0n) is 16.1. The normalized spacial score (nSPS) is 11.9. The number of alkyl carbamates (subject to hydrolysis) is 1. The monoisotopic (exact) mass is 512 g/mol. The number of rotatable bonds is 7. The predicted molar refractivity (Wildman–Crippen MR) is 118 cm³/mol. The topological polar surface area (TPSA) is 109 Å². The Hall–Kier alpha value is -1.56. The van der Waals surface area contributed by atoms with E-state index in [4.69, 9.17) is 4.74 Å². The van der Waals surface area contributed by atoms with E-state index in [1.165, 1.54) is 0 Å². The molecule has 10 heteroatoms. The van der Waals surface area contributed by atoms with Gasteiger partial charge in [0.05, 0.1) is 10.6 Å². The number of ether oxygens (including phenoxy) is 1. The number of sulfone groups is 1. The highest BCUT2D eigenvalue weighted by Crippen LogP contribution is 2.09. The lowest BCUT2D eigenvalue weighted by Crippen LogP contribution is -2.43. The van der Waals surface area contributed by atoms with Crippen molar-refractivity contribution in [1.29, 1.82) is 0 Å². The molecule has 0 heterocycles. The second-order valence-corrected chi connectivity index (χ2v) is 8.60. The van der Waals surface area contributed by atoms with Gasteiger partial charge in [0.25, 0.3) is 0 Å². The first-order valence-electron chi connectivity index (χ1n) is 8.33. The molecule has 1 rings (SSSR count). The molecule has 0 aliphatic heterocycles. The van der Waals surface area contributed by atoms with E-state index in [-0.39, 0.29) is 36.3 Å². The molecule has 1 amide bonds. The van der Waals surface area contributed by atoms with Crippen molar-refractivity contribution in [3.8, 4) is 0 Å². The zero-order chi connectivity index (χ0) is 19.6. The molecule has 0 aliphatic carbocycles. The van der Waals surface area contributed by atoms with Crippen LogP contribution in [-0.2, 0) is 14.6 Å². The molecule has 0 saturated carbocycles. The van der Waals surface area contributed by atoms with Crippen LogP contribution in [0.2, 0.25) is 0 Å². The third-order valence-electron chi connectivity index (χ3n) is 3.07. The molecule has 0 fully saturated rings. The lowest BCUT2D eigenvalue weighted by atomic mass is 10.2. The molecule has 0 spiro atoms. The van der Waals surface area contributed by atoms with Gasteiger partial charge in [-0.15, -0.1) is 24.0 Å². The number of aliphatic imine (C=N–C) groups is 1. The van der Waals surface area contributed by atoms with Crippen LogP contribution in [0, 0.1) is 0 Å². The lowest BCUT2D eigenvalue weighted by molar-refractivity contribution is 0.0529. The fraction of sp³-hybridized carbons (Fsp3) is 0.529. The number of carbonyl (C=O) groups excluding carboxylic acids is 1. The summed E-state index contributed by atoms with van der Waals surface area (Å²) in [5.74, 6) is 0.410. The van der Waals surface area contributed by atoms with E-state index in [1.807, 2.05) is 0 Å². The smallest absolute Gasteiger partial charge is 0.407 e. The van der Waals surface area contributed by atoms with Crippen molar-refractivity contribution in [3.63, 3.8) is 0 Å². The van der Waals surface area contributed by atoms with Gasteiger partial charge in [-0.1, -0.05) is 18.2 Å². The Morgan fingerprint density at radius 1 is 1.04 bits per heavy atom. The number of halogens is 1. The van der Waals surface area contributed by atoms with Gasteiger partial charge in [-0.25, -0.2) is 13.2 Å². The molecule has 1 aromatic carbocycles. The SMILES string of the molecule is CN=C(NCCNC(=O)OC(C)(C)C)NCCS(=O)(=O)c1ccccc1.I. The lowest BCUT2D eigenvalue weighted by Gasteiger charge is -2.19. The molecule has 154 valence electrons. The molecular weight excluding hydrogens is 483 g/mol. The van der Waals surface area contributed by atoms with E-state index < -0.39 is 21.5 Å². The maximum Gasteiger partial charge on any atom is 0.407 e.